The van der Waals surface area contributed by atoms with Crippen molar-refractivity contribution in [1.82, 2.24) is 20.1 Å². The van der Waals surface area contributed by atoms with E-state index in [2.05, 4.69) is 10.6 Å². The number of rotatable bonds is 6. The number of hydrogen-bond donors (Lipinski definition) is 3. The molecule has 158 valence electrons. The molecule has 0 saturated heterocycles. The van der Waals surface area contributed by atoms with Gasteiger partial charge in [0.05, 0.1) is 12.5 Å². The van der Waals surface area contributed by atoms with Crippen LogP contribution >= 0.6 is 0 Å². The number of hydrogen-bond acceptors (Lipinski definition) is 4. The number of aromatic nitrogens is 1. The predicted molar refractivity (Wildman–Crippen MR) is 115 cm³/mol. The minimum atomic E-state index is -1.35. The molecule has 1 aliphatic heterocycles. The molecule has 2 heterocycles. The number of benzene rings is 1. The number of nitrogens with one attached hydrogen (secondary N) is 2. The van der Waals surface area contributed by atoms with Gasteiger partial charge in [0, 0.05) is 36.9 Å². The molecule has 2 atom stereocenters. The molecule has 0 fully saturated rings. The molecule has 9 nitrogen and oxygen atoms in total. The van der Waals surface area contributed by atoms with Crippen LogP contribution < -0.4 is 10.6 Å². The average Bonchev–Trinajstić information content (AvgIpc) is 3.24. The van der Waals surface area contributed by atoms with Gasteiger partial charge in [-0.15, -0.1) is 0 Å². The van der Waals surface area contributed by atoms with Crippen LogP contribution in [0.1, 0.15) is 24.9 Å². The second-order valence-electron chi connectivity index (χ2n) is 7.01. The van der Waals surface area contributed by atoms with Crippen LogP contribution in [0.3, 0.4) is 0 Å². The van der Waals surface area contributed by atoms with Gasteiger partial charge < -0.3 is 25.2 Å². The molecule has 0 saturated carbocycles. The first kappa shape index (κ1) is 24.4. The summed E-state index contributed by atoms with van der Waals surface area (Å²) in [5.41, 5.74) is 1.72. The molecular weight excluding hydrogens is 411 g/mol. The monoisotopic (exact) mass is 434 g/mol. The van der Waals surface area contributed by atoms with Crippen molar-refractivity contribution in [3.8, 4) is 5.69 Å². The van der Waals surface area contributed by atoms with Crippen molar-refractivity contribution < 1.29 is 24.3 Å². The van der Waals surface area contributed by atoms with Crippen LogP contribution in [-0.4, -0.2) is 80.9 Å². The normalized spacial score (nSPS) is 16.8. The Morgan fingerprint density at radius 1 is 1.16 bits per heavy atom. The van der Waals surface area contributed by atoms with Crippen molar-refractivity contribution in [2.24, 2.45) is 0 Å². The molecule has 1 aromatic carbocycles. The van der Waals surface area contributed by atoms with Gasteiger partial charge in [0.25, 0.3) is 5.91 Å². The molecule has 1 aromatic heterocycles. The molecule has 0 radical (unpaired) electrons. The van der Waals surface area contributed by atoms with Crippen molar-refractivity contribution in [3.05, 3.63) is 66.1 Å². The number of urea groups is 1. The number of ketones is 1. The van der Waals surface area contributed by atoms with Crippen molar-refractivity contribution in [2.45, 2.75) is 25.4 Å². The Morgan fingerprint density at radius 3 is 2.48 bits per heavy atom. The van der Waals surface area contributed by atoms with E-state index in [1.165, 1.54) is 18.1 Å². The third-order valence-corrected chi connectivity index (χ3v) is 4.77. The van der Waals surface area contributed by atoms with Crippen molar-refractivity contribution in [3.63, 3.8) is 0 Å². The van der Waals surface area contributed by atoms with Gasteiger partial charge in [0.2, 0.25) is 0 Å². The third kappa shape index (κ3) is 5.84. The van der Waals surface area contributed by atoms with E-state index in [-0.39, 0.29) is 36.0 Å². The molecule has 3 amide bonds. The number of aliphatic carboxylic acids is 1. The summed E-state index contributed by atoms with van der Waals surface area (Å²) in [5.74, 6) is -2.17. The standard InChI is InChI=1S/C21H22N4O5.Na.H/c1-13-12-24(2)20(29)18(19(13)28)23-21(30)22-16(11-17(26)27)14-6-5-7-15(10-14)25-8-3-4-9-25;;/h3-10,12,16,18H,11H2,1-2H3,(H,26,27)(H2,22,23,30);;. The summed E-state index contributed by atoms with van der Waals surface area (Å²) in [6.07, 6.45) is 4.73. The molecule has 3 rings (SSSR count). The maximum atomic E-state index is 12.5. The van der Waals surface area contributed by atoms with Crippen LogP contribution in [0.25, 0.3) is 5.69 Å². The summed E-state index contributed by atoms with van der Waals surface area (Å²) in [6.45, 7) is 1.55. The molecule has 2 aromatic rings. The van der Waals surface area contributed by atoms with Crippen LogP contribution in [0.2, 0.25) is 0 Å². The first-order chi connectivity index (χ1) is 14.3. The first-order valence-electron chi connectivity index (χ1n) is 9.27. The van der Waals surface area contributed by atoms with Crippen LogP contribution in [0, 0.1) is 0 Å². The number of carbonyl (C=O) groups excluding carboxylic acids is 3. The van der Waals surface area contributed by atoms with Gasteiger partial charge in [0.1, 0.15) is 0 Å². The number of nitrogens with zero attached hydrogens (tertiary/aromatic N) is 2. The van der Waals surface area contributed by atoms with E-state index in [0.717, 1.165) is 5.69 Å². The van der Waals surface area contributed by atoms with E-state index in [9.17, 15) is 24.3 Å². The second kappa shape index (κ2) is 10.4. The van der Waals surface area contributed by atoms with Crippen LogP contribution in [-0.2, 0) is 14.4 Å². The Morgan fingerprint density at radius 2 is 1.84 bits per heavy atom. The second-order valence-corrected chi connectivity index (χ2v) is 7.01. The van der Waals surface area contributed by atoms with Crippen LogP contribution in [0.4, 0.5) is 4.79 Å². The summed E-state index contributed by atoms with van der Waals surface area (Å²) in [7, 11) is 1.49. The summed E-state index contributed by atoms with van der Waals surface area (Å²) in [5, 5.41) is 14.2. The number of amides is 3. The average molecular weight is 434 g/mol. The Balaban J connectivity index is 0.00000341. The topological polar surface area (TPSA) is 121 Å². The van der Waals surface area contributed by atoms with Crippen molar-refractivity contribution >= 4 is 53.2 Å². The fraction of sp³-hybridized carbons (Fsp3) is 0.238. The number of carboxylic acid groups (broad SMARTS) is 1. The van der Waals surface area contributed by atoms with Crippen LogP contribution in [0.15, 0.2) is 60.6 Å². The molecule has 3 N–H and O–H groups in total. The third-order valence-electron chi connectivity index (χ3n) is 4.77. The number of carboxylic acids is 1. The zero-order chi connectivity index (χ0) is 21.8. The van der Waals surface area contributed by atoms with Crippen LogP contribution in [0.5, 0.6) is 0 Å². The molecule has 10 heteroatoms. The summed E-state index contributed by atoms with van der Waals surface area (Å²) >= 11 is 0. The minimum absolute atomic E-state index is 0. The number of likely N-dealkylation sites (N-methyl/N-ethyl adjacent to an activating group) is 1. The molecule has 0 spiro atoms. The van der Waals surface area contributed by atoms with Crippen molar-refractivity contribution in [2.75, 3.05) is 7.05 Å². The SMILES string of the molecule is CC1=CN(C)C(=O)C(NC(=O)NC(CC(=O)O)c2cccc(-n3cccc3)c2)C1=O.[NaH]. The Labute approximate surface area is 201 Å². The van der Waals surface area contributed by atoms with E-state index in [1.54, 1.807) is 25.1 Å². The van der Waals surface area contributed by atoms with E-state index in [4.69, 9.17) is 0 Å². The molecule has 1 aliphatic rings. The van der Waals surface area contributed by atoms with Gasteiger partial charge in [-0.1, -0.05) is 12.1 Å². The van der Waals surface area contributed by atoms with Gasteiger partial charge in [-0.3, -0.25) is 14.4 Å². The summed E-state index contributed by atoms with van der Waals surface area (Å²) in [4.78, 5) is 49.6. The van der Waals surface area contributed by atoms with Gasteiger partial charge in [0.15, 0.2) is 11.8 Å². The van der Waals surface area contributed by atoms with Gasteiger partial charge in [-0.25, -0.2) is 4.79 Å². The molecule has 0 aliphatic carbocycles. The Kier molecular flexibility index (Phi) is 8.21. The van der Waals surface area contributed by atoms with Gasteiger partial charge in [-0.05, 0) is 36.8 Å². The molecule has 31 heavy (non-hydrogen) atoms. The number of Topliss-reactive ketones (excluding diaryl/α,β-unsaturated/α-hetero) is 1. The predicted octanol–water partition coefficient (Wildman–Crippen LogP) is 0.957. The van der Waals surface area contributed by atoms with Gasteiger partial charge in [-0.2, -0.15) is 0 Å². The van der Waals surface area contributed by atoms with E-state index in [1.807, 2.05) is 35.2 Å². The summed E-state index contributed by atoms with van der Waals surface area (Å²) < 4.78 is 1.85. The van der Waals surface area contributed by atoms with E-state index >= 15 is 0 Å². The fourth-order valence-corrected chi connectivity index (χ4v) is 3.26. The van der Waals surface area contributed by atoms with Gasteiger partial charge >= 0.3 is 41.6 Å². The molecule has 2 unspecified atom stereocenters. The van der Waals surface area contributed by atoms with E-state index < -0.39 is 35.8 Å². The molecular formula is C21H23N4NaO5. The van der Waals surface area contributed by atoms with Crippen molar-refractivity contribution in [1.29, 1.82) is 0 Å². The fourth-order valence-electron chi connectivity index (χ4n) is 3.26. The Hall–Kier alpha value is -2.88. The van der Waals surface area contributed by atoms with E-state index in [0.29, 0.717) is 11.1 Å². The zero-order valence-electron chi connectivity index (χ0n) is 16.5. The zero-order valence-corrected chi connectivity index (χ0v) is 16.5. The Bertz CT molecular complexity index is 1020. The quantitative estimate of drug-likeness (QED) is 0.462. The first-order valence-corrected chi connectivity index (χ1v) is 9.27. The molecule has 0 bridgehead atoms. The summed E-state index contributed by atoms with van der Waals surface area (Å²) in [6, 6.07) is 7.80. The maximum absolute atomic E-state index is 12.5. The number of carbonyl (C=O) groups is 4.